The van der Waals surface area contributed by atoms with Crippen molar-refractivity contribution in [2.24, 2.45) is 0 Å². The molecular formula is C11H11NO2S. The van der Waals surface area contributed by atoms with Crippen LogP contribution in [0.15, 0.2) is 17.0 Å². The molecule has 3 nitrogen and oxygen atoms in total. The molecule has 0 radical (unpaired) electrons. The normalized spacial score (nSPS) is 9.47. The molecule has 0 aromatic heterocycles. The first-order chi connectivity index (χ1) is 7.13. The number of carbonyl (C=O) groups is 1. The van der Waals surface area contributed by atoms with Gasteiger partial charge in [-0.25, -0.2) is 4.79 Å². The molecule has 0 saturated heterocycles. The van der Waals surface area contributed by atoms with Gasteiger partial charge in [-0.2, -0.15) is 5.26 Å². The lowest BCUT2D eigenvalue weighted by atomic mass is 10.0. The van der Waals surface area contributed by atoms with E-state index in [1.165, 1.54) is 13.2 Å². The Balaban J connectivity index is 3.36. The van der Waals surface area contributed by atoms with Crippen LogP contribution in [-0.2, 0) is 11.2 Å². The Morgan fingerprint density at radius 2 is 2.27 bits per heavy atom. The highest BCUT2D eigenvalue weighted by Gasteiger charge is 2.13. The van der Waals surface area contributed by atoms with Crippen LogP contribution < -0.4 is 0 Å². The first-order valence-electron chi connectivity index (χ1n) is 4.48. The summed E-state index contributed by atoms with van der Waals surface area (Å²) in [4.78, 5) is 12.0. The summed E-state index contributed by atoms with van der Waals surface area (Å²) in [6.07, 6.45) is 0.698. The Morgan fingerprint density at radius 1 is 1.60 bits per heavy atom. The van der Waals surface area contributed by atoms with Crippen LogP contribution in [0.4, 0.5) is 0 Å². The molecule has 0 fully saturated rings. The molecule has 0 aliphatic rings. The molecule has 0 spiro atoms. The van der Waals surface area contributed by atoms with Gasteiger partial charge in [-0.3, -0.25) is 0 Å². The largest absolute Gasteiger partial charge is 0.465 e. The maximum Gasteiger partial charge on any atom is 0.338 e. The van der Waals surface area contributed by atoms with Crippen LogP contribution in [0.25, 0.3) is 0 Å². The van der Waals surface area contributed by atoms with E-state index in [0.29, 0.717) is 22.4 Å². The van der Waals surface area contributed by atoms with Gasteiger partial charge in [0, 0.05) is 4.90 Å². The molecule has 0 aliphatic carbocycles. The monoisotopic (exact) mass is 221 g/mol. The molecule has 0 atom stereocenters. The van der Waals surface area contributed by atoms with Crippen LogP contribution in [0.2, 0.25) is 0 Å². The number of benzene rings is 1. The van der Waals surface area contributed by atoms with Crippen molar-refractivity contribution in [3.8, 4) is 6.07 Å². The van der Waals surface area contributed by atoms with Gasteiger partial charge in [0.2, 0.25) is 0 Å². The fourth-order valence-electron chi connectivity index (χ4n) is 1.31. The van der Waals surface area contributed by atoms with E-state index >= 15 is 0 Å². The predicted molar refractivity (Wildman–Crippen MR) is 59.1 cm³/mol. The fraction of sp³-hybridized carbons (Fsp3) is 0.273. The van der Waals surface area contributed by atoms with Gasteiger partial charge in [0.25, 0.3) is 0 Å². The lowest BCUT2D eigenvalue weighted by Crippen LogP contribution is -2.06. The smallest absolute Gasteiger partial charge is 0.338 e. The minimum Gasteiger partial charge on any atom is -0.465 e. The third kappa shape index (κ3) is 2.31. The van der Waals surface area contributed by atoms with Crippen molar-refractivity contribution >= 4 is 18.6 Å². The molecule has 15 heavy (non-hydrogen) atoms. The molecule has 0 unspecified atom stereocenters. The predicted octanol–water partition coefficient (Wildman–Crippen LogP) is 2.20. The first-order valence-corrected chi connectivity index (χ1v) is 4.93. The number of aryl methyl sites for hydroxylation is 1. The zero-order valence-corrected chi connectivity index (χ0v) is 9.47. The van der Waals surface area contributed by atoms with Crippen LogP contribution in [0.5, 0.6) is 0 Å². The third-order valence-electron chi connectivity index (χ3n) is 2.13. The minimum absolute atomic E-state index is 0.385. The molecule has 4 heteroatoms. The highest BCUT2D eigenvalue weighted by Crippen LogP contribution is 2.20. The highest BCUT2D eigenvalue weighted by molar-refractivity contribution is 7.80. The van der Waals surface area contributed by atoms with E-state index in [2.05, 4.69) is 17.4 Å². The fourth-order valence-corrected chi connectivity index (χ4v) is 1.58. The molecule has 0 amide bonds. The van der Waals surface area contributed by atoms with Gasteiger partial charge in [0.15, 0.2) is 0 Å². The van der Waals surface area contributed by atoms with E-state index in [0.717, 1.165) is 5.56 Å². The first kappa shape index (κ1) is 11.6. The van der Waals surface area contributed by atoms with Crippen LogP contribution in [-0.4, -0.2) is 13.1 Å². The van der Waals surface area contributed by atoms with E-state index in [1.807, 2.05) is 13.0 Å². The van der Waals surface area contributed by atoms with Crippen LogP contribution in [0.3, 0.4) is 0 Å². The highest BCUT2D eigenvalue weighted by atomic mass is 32.1. The van der Waals surface area contributed by atoms with Crippen molar-refractivity contribution in [1.29, 1.82) is 5.26 Å². The summed E-state index contributed by atoms with van der Waals surface area (Å²) in [6.45, 7) is 1.93. The van der Waals surface area contributed by atoms with Gasteiger partial charge in [-0.1, -0.05) is 6.92 Å². The number of carbonyl (C=O) groups excluding carboxylic acids is 1. The van der Waals surface area contributed by atoms with Crippen molar-refractivity contribution in [2.45, 2.75) is 18.2 Å². The van der Waals surface area contributed by atoms with Gasteiger partial charge in [0.1, 0.15) is 6.07 Å². The second kappa shape index (κ2) is 4.85. The second-order valence-corrected chi connectivity index (χ2v) is 3.47. The van der Waals surface area contributed by atoms with Gasteiger partial charge in [-0.05, 0) is 24.1 Å². The second-order valence-electron chi connectivity index (χ2n) is 2.98. The summed E-state index contributed by atoms with van der Waals surface area (Å²) in [5, 5.41) is 8.81. The van der Waals surface area contributed by atoms with Crippen molar-refractivity contribution in [2.75, 3.05) is 7.11 Å². The standard InChI is InChI=1S/C11H11NO2S/c1-3-7-5-10(15)8(6-12)4-9(7)11(13)14-2/h4-5,15H,3H2,1-2H3. The number of hydrogen-bond acceptors (Lipinski definition) is 4. The van der Waals surface area contributed by atoms with Crippen LogP contribution in [0, 0.1) is 11.3 Å². The molecule has 0 N–H and O–H groups in total. The Kier molecular flexibility index (Phi) is 3.75. The maximum absolute atomic E-state index is 11.4. The quantitative estimate of drug-likeness (QED) is 0.615. The molecule has 1 rings (SSSR count). The molecule has 1 aromatic rings. The Bertz CT molecular complexity index is 435. The van der Waals surface area contributed by atoms with Crippen molar-refractivity contribution in [3.63, 3.8) is 0 Å². The molecular weight excluding hydrogens is 210 g/mol. The number of nitrogens with zero attached hydrogens (tertiary/aromatic N) is 1. The average Bonchev–Trinajstić information content (AvgIpc) is 2.27. The van der Waals surface area contributed by atoms with Gasteiger partial charge >= 0.3 is 5.97 Å². The molecule has 1 aromatic carbocycles. The van der Waals surface area contributed by atoms with Gasteiger partial charge < -0.3 is 4.74 Å². The van der Waals surface area contributed by atoms with Gasteiger partial charge in [0.05, 0.1) is 18.2 Å². The summed E-state index contributed by atoms with van der Waals surface area (Å²) in [5.41, 5.74) is 1.66. The Hall–Kier alpha value is -1.47. The number of hydrogen-bond donors (Lipinski definition) is 1. The average molecular weight is 221 g/mol. The molecule has 0 bridgehead atoms. The van der Waals surface area contributed by atoms with Crippen molar-refractivity contribution in [1.82, 2.24) is 0 Å². The van der Waals surface area contributed by atoms with Crippen LogP contribution in [0.1, 0.15) is 28.4 Å². The summed E-state index contributed by atoms with van der Waals surface area (Å²) < 4.78 is 4.64. The van der Waals surface area contributed by atoms with E-state index in [9.17, 15) is 4.79 Å². The third-order valence-corrected chi connectivity index (χ3v) is 2.50. The van der Waals surface area contributed by atoms with E-state index in [1.54, 1.807) is 6.07 Å². The number of thiol groups is 1. The SMILES string of the molecule is CCc1cc(S)c(C#N)cc1C(=O)OC. The summed E-state index contributed by atoms with van der Waals surface area (Å²) in [5.74, 6) is -0.420. The Labute approximate surface area is 94.1 Å². The number of ether oxygens (including phenoxy) is 1. The zero-order valence-electron chi connectivity index (χ0n) is 8.57. The molecule has 78 valence electrons. The Morgan fingerprint density at radius 3 is 2.73 bits per heavy atom. The molecule has 0 heterocycles. The number of nitriles is 1. The molecule has 0 saturated carbocycles. The number of rotatable bonds is 2. The summed E-state index contributed by atoms with van der Waals surface area (Å²) in [6, 6.07) is 5.23. The number of esters is 1. The van der Waals surface area contributed by atoms with Crippen molar-refractivity contribution in [3.05, 3.63) is 28.8 Å². The number of methoxy groups -OCH3 is 1. The summed E-state index contributed by atoms with van der Waals surface area (Å²) in [7, 11) is 1.32. The lowest BCUT2D eigenvalue weighted by Gasteiger charge is -2.07. The van der Waals surface area contributed by atoms with E-state index in [-0.39, 0.29) is 0 Å². The maximum atomic E-state index is 11.4. The van der Waals surface area contributed by atoms with E-state index < -0.39 is 5.97 Å². The molecule has 0 aliphatic heterocycles. The topological polar surface area (TPSA) is 50.1 Å². The minimum atomic E-state index is -0.420. The lowest BCUT2D eigenvalue weighted by molar-refractivity contribution is 0.0599. The van der Waals surface area contributed by atoms with Gasteiger partial charge in [-0.15, -0.1) is 12.6 Å². The summed E-state index contributed by atoms with van der Waals surface area (Å²) >= 11 is 4.17. The zero-order chi connectivity index (χ0) is 11.4. The van der Waals surface area contributed by atoms with E-state index in [4.69, 9.17) is 5.26 Å². The van der Waals surface area contributed by atoms with Crippen LogP contribution >= 0.6 is 12.6 Å². The van der Waals surface area contributed by atoms with Crippen molar-refractivity contribution < 1.29 is 9.53 Å².